The molecular formula is C18H23N3O. The van der Waals surface area contributed by atoms with Gasteiger partial charge in [0.1, 0.15) is 0 Å². The van der Waals surface area contributed by atoms with Gasteiger partial charge in [-0.2, -0.15) is 5.10 Å². The zero-order chi connectivity index (χ0) is 16.1. The molecule has 0 atom stereocenters. The summed E-state index contributed by atoms with van der Waals surface area (Å²) in [6.07, 6.45) is 3.68. The van der Waals surface area contributed by atoms with E-state index in [2.05, 4.69) is 42.7 Å². The SMILES string of the molecule is C=C(N=C(OC)c1cnn(C)c1CC)c1ccc(CC)cc1. The molecule has 1 aromatic heterocycles. The van der Waals surface area contributed by atoms with Crippen molar-refractivity contribution in [1.82, 2.24) is 9.78 Å². The molecule has 0 saturated carbocycles. The molecule has 0 unspecified atom stereocenters. The van der Waals surface area contributed by atoms with Gasteiger partial charge in [-0.05, 0) is 24.0 Å². The first-order chi connectivity index (χ1) is 10.6. The molecule has 0 amide bonds. The fourth-order valence-electron chi connectivity index (χ4n) is 2.40. The third kappa shape index (κ3) is 3.27. The maximum absolute atomic E-state index is 5.47. The predicted molar refractivity (Wildman–Crippen MR) is 91.0 cm³/mol. The van der Waals surface area contributed by atoms with Crippen LogP contribution in [-0.4, -0.2) is 22.8 Å². The van der Waals surface area contributed by atoms with E-state index in [1.807, 2.05) is 23.9 Å². The zero-order valence-corrected chi connectivity index (χ0v) is 13.8. The average molecular weight is 297 g/mol. The third-order valence-electron chi connectivity index (χ3n) is 3.75. The smallest absolute Gasteiger partial charge is 0.224 e. The largest absolute Gasteiger partial charge is 0.480 e. The Hall–Kier alpha value is -2.36. The van der Waals surface area contributed by atoms with Gasteiger partial charge < -0.3 is 4.74 Å². The number of aromatic nitrogens is 2. The molecule has 0 radical (unpaired) electrons. The van der Waals surface area contributed by atoms with Gasteiger partial charge in [0.2, 0.25) is 5.90 Å². The van der Waals surface area contributed by atoms with Crippen molar-refractivity contribution < 1.29 is 4.74 Å². The number of aryl methyl sites for hydroxylation is 2. The molecule has 1 aromatic carbocycles. The van der Waals surface area contributed by atoms with Crippen LogP contribution in [0.1, 0.15) is 36.2 Å². The molecule has 1 heterocycles. The molecule has 4 nitrogen and oxygen atoms in total. The van der Waals surface area contributed by atoms with Gasteiger partial charge in [0.25, 0.3) is 0 Å². The normalized spacial score (nSPS) is 11.5. The van der Waals surface area contributed by atoms with E-state index < -0.39 is 0 Å². The number of aliphatic imine (C=N–C) groups is 1. The molecule has 2 rings (SSSR count). The zero-order valence-electron chi connectivity index (χ0n) is 13.8. The van der Waals surface area contributed by atoms with E-state index in [9.17, 15) is 0 Å². The molecule has 116 valence electrons. The maximum atomic E-state index is 5.47. The van der Waals surface area contributed by atoms with E-state index in [0.717, 1.165) is 29.7 Å². The van der Waals surface area contributed by atoms with Crippen molar-refractivity contribution in [2.75, 3.05) is 7.11 Å². The summed E-state index contributed by atoms with van der Waals surface area (Å²) in [5.74, 6) is 0.550. The molecule has 0 bridgehead atoms. The van der Waals surface area contributed by atoms with Crippen LogP contribution in [0.2, 0.25) is 0 Å². The van der Waals surface area contributed by atoms with Crippen molar-refractivity contribution in [1.29, 1.82) is 0 Å². The second kappa shape index (κ2) is 7.07. The fraction of sp³-hybridized carbons (Fsp3) is 0.333. The summed E-state index contributed by atoms with van der Waals surface area (Å²) in [5.41, 5.74) is 4.99. The van der Waals surface area contributed by atoms with Gasteiger partial charge in [0, 0.05) is 7.05 Å². The molecular weight excluding hydrogens is 274 g/mol. The van der Waals surface area contributed by atoms with Crippen LogP contribution in [0.15, 0.2) is 42.0 Å². The van der Waals surface area contributed by atoms with E-state index in [1.165, 1.54) is 5.56 Å². The Balaban J connectivity index is 2.32. The minimum Gasteiger partial charge on any atom is -0.480 e. The molecule has 0 spiro atoms. The molecule has 0 fully saturated rings. The molecule has 4 heteroatoms. The van der Waals surface area contributed by atoms with Crippen LogP contribution in [0.3, 0.4) is 0 Å². The highest BCUT2D eigenvalue weighted by Crippen LogP contribution is 2.18. The summed E-state index contributed by atoms with van der Waals surface area (Å²) >= 11 is 0. The lowest BCUT2D eigenvalue weighted by atomic mass is 10.1. The number of hydrogen-bond donors (Lipinski definition) is 0. The highest BCUT2D eigenvalue weighted by atomic mass is 16.5. The Kier molecular flexibility index (Phi) is 5.15. The van der Waals surface area contributed by atoms with E-state index in [0.29, 0.717) is 11.6 Å². The first-order valence-electron chi connectivity index (χ1n) is 7.52. The molecule has 0 saturated heterocycles. The molecule has 0 aliphatic heterocycles. The number of hydrogen-bond acceptors (Lipinski definition) is 3. The fourth-order valence-corrected chi connectivity index (χ4v) is 2.40. The summed E-state index contributed by atoms with van der Waals surface area (Å²) in [6.45, 7) is 8.29. The number of nitrogens with zero attached hydrogens (tertiary/aromatic N) is 3. The van der Waals surface area contributed by atoms with Crippen molar-refractivity contribution in [3.63, 3.8) is 0 Å². The van der Waals surface area contributed by atoms with Crippen molar-refractivity contribution in [2.24, 2.45) is 12.0 Å². The molecule has 0 aliphatic rings. The minimum absolute atomic E-state index is 0.550. The molecule has 2 aromatic rings. The average Bonchev–Trinajstić information content (AvgIpc) is 2.93. The number of rotatable bonds is 5. The van der Waals surface area contributed by atoms with Crippen LogP contribution in [0.5, 0.6) is 0 Å². The van der Waals surface area contributed by atoms with Gasteiger partial charge in [0.15, 0.2) is 0 Å². The lowest BCUT2D eigenvalue weighted by Crippen LogP contribution is -2.08. The summed E-state index contributed by atoms with van der Waals surface area (Å²) < 4.78 is 7.31. The Labute approximate surface area is 132 Å². The Bertz CT molecular complexity index is 681. The molecule has 0 aliphatic carbocycles. The van der Waals surface area contributed by atoms with Gasteiger partial charge in [-0.3, -0.25) is 4.68 Å². The number of methoxy groups -OCH3 is 1. The van der Waals surface area contributed by atoms with Crippen LogP contribution in [0.4, 0.5) is 0 Å². The summed E-state index contributed by atoms with van der Waals surface area (Å²) in [4.78, 5) is 4.56. The van der Waals surface area contributed by atoms with Gasteiger partial charge in [-0.1, -0.05) is 44.7 Å². The number of benzene rings is 1. The standard InChI is InChI=1S/C18H23N3O/c1-6-14-8-10-15(11-9-14)13(3)20-18(22-5)16-12-19-21(4)17(16)7-2/h8-12H,3,6-7H2,1-2,4-5H3. The summed E-state index contributed by atoms with van der Waals surface area (Å²) in [5, 5.41) is 4.29. The van der Waals surface area contributed by atoms with E-state index in [4.69, 9.17) is 4.74 Å². The second-order valence-electron chi connectivity index (χ2n) is 5.10. The highest BCUT2D eigenvalue weighted by molar-refractivity contribution is 5.98. The highest BCUT2D eigenvalue weighted by Gasteiger charge is 2.14. The molecule has 22 heavy (non-hydrogen) atoms. The quantitative estimate of drug-likeness (QED) is 0.625. The Morgan fingerprint density at radius 1 is 1.23 bits per heavy atom. The monoisotopic (exact) mass is 297 g/mol. The van der Waals surface area contributed by atoms with Crippen LogP contribution in [0.25, 0.3) is 5.70 Å². The second-order valence-corrected chi connectivity index (χ2v) is 5.10. The molecule has 0 N–H and O–H groups in total. The van der Waals surface area contributed by atoms with Gasteiger partial charge in [-0.25, -0.2) is 4.99 Å². The topological polar surface area (TPSA) is 39.4 Å². The predicted octanol–water partition coefficient (Wildman–Crippen LogP) is 3.61. The van der Waals surface area contributed by atoms with Gasteiger partial charge in [-0.15, -0.1) is 0 Å². The first-order valence-corrected chi connectivity index (χ1v) is 7.52. The van der Waals surface area contributed by atoms with Crippen molar-refractivity contribution in [3.05, 3.63) is 59.4 Å². The van der Waals surface area contributed by atoms with Crippen molar-refractivity contribution in [3.8, 4) is 0 Å². The van der Waals surface area contributed by atoms with Crippen LogP contribution >= 0.6 is 0 Å². The summed E-state index contributed by atoms with van der Waals surface area (Å²) in [7, 11) is 3.55. The lowest BCUT2D eigenvalue weighted by Gasteiger charge is -2.08. The number of ether oxygens (including phenoxy) is 1. The summed E-state index contributed by atoms with van der Waals surface area (Å²) in [6, 6.07) is 8.29. The Morgan fingerprint density at radius 3 is 2.45 bits per heavy atom. The van der Waals surface area contributed by atoms with Crippen molar-refractivity contribution in [2.45, 2.75) is 26.7 Å². The van der Waals surface area contributed by atoms with Crippen LogP contribution < -0.4 is 0 Å². The van der Waals surface area contributed by atoms with Crippen LogP contribution in [-0.2, 0) is 24.6 Å². The minimum atomic E-state index is 0.550. The third-order valence-corrected chi connectivity index (χ3v) is 3.75. The van der Waals surface area contributed by atoms with Gasteiger partial charge >= 0.3 is 0 Å². The van der Waals surface area contributed by atoms with Crippen LogP contribution in [0, 0.1) is 0 Å². The lowest BCUT2D eigenvalue weighted by molar-refractivity contribution is 0.404. The van der Waals surface area contributed by atoms with E-state index >= 15 is 0 Å². The first kappa shape index (κ1) is 16.0. The van der Waals surface area contributed by atoms with E-state index in [1.54, 1.807) is 13.3 Å². The van der Waals surface area contributed by atoms with Crippen molar-refractivity contribution >= 4 is 11.6 Å². The van der Waals surface area contributed by atoms with Gasteiger partial charge in [0.05, 0.1) is 30.3 Å². The Morgan fingerprint density at radius 2 is 1.91 bits per heavy atom. The van der Waals surface area contributed by atoms with E-state index in [-0.39, 0.29) is 0 Å². The maximum Gasteiger partial charge on any atom is 0.224 e.